The van der Waals surface area contributed by atoms with Gasteiger partial charge in [-0.25, -0.2) is 0 Å². The van der Waals surface area contributed by atoms with E-state index in [4.69, 9.17) is 16.3 Å². The molecule has 0 saturated carbocycles. The topological polar surface area (TPSA) is 32.8 Å². The van der Waals surface area contributed by atoms with Gasteiger partial charge >= 0.3 is 0 Å². The third-order valence-electron chi connectivity index (χ3n) is 3.58. The molecule has 1 aliphatic rings. The van der Waals surface area contributed by atoms with Crippen LogP contribution in [0, 0.1) is 0 Å². The number of nitrogens with zero attached hydrogens (tertiary/aromatic N) is 2. The van der Waals surface area contributed by atoms with Crippen LogP contribution in [0.25, 0.3) is 0 Å². The van der Waals surface area contributed by atoms with Gasteiger partial charge in [-0.15, -0.1) is 0 Å². The molecule has 1 saturated heterocycles. The minimum absolute atomic E-state index is 0.103. The molecule has 1 fully saturated rings. The second-order valence-corrected chi connectivity index (χ2v) is 5.44. The van der Waals surface area contributed by atoms with Gasteiger partial charge in [0.05, 0.1) is 19.6 Å². The van der Waals surface area contributed by atoms with Crippen molar-refractivity contribution in [3.05, 3.63) is 34.9 Å². The molecule has 0 spiro atoms. The summed E-state index contributed by atoms with van der Waals surface area (Å²) in [6.07, 6.45) is 0.360. The highest BCUT2D eigenvalue weighted by atomic mass is 35.5. The van der Waals surface area contributed by atoms with Crippen LogP contribution in [0.2, 0.25) is 5.02 Å². The molecule has 20 heavy (non-hydrogen) atoms. The third-order valence-corrected chi connectivity index (χ3v) is 3.95. The first-order valence-corrected chi connectivity index (χ1v) is 7.32. The number of hydrogen-bond donors (Lipinski definition) is 0. The van der Waals surface area contributed by atoms with Crippen LogP contribution in [-0.2, 0) is 16.0 Å². The number of rotatable bonds is 5. The molecule has 0 bridgehead atoms. The lowest BCUT2D eigenvalue weighted by Gasteiger charge is -2.28. The minimum Gasteiger partial charge on any atom is -0.379 e. The van der Waals surface area contributed by atoms with Gasteiger partial charge in [0.15, 0.2) is 0 Å². The van der Waals surface area contributed by atoms with Gasteiger partial charge < -0.3 is 9.64 Å². The number of likely N-dealkylation sites (N-methyl/N-ethyl adjacent to an activating group) is 1. The number of amides is 1. The van der Waals surface area contributed by atoms with Gasteiger partial charge in [-0.3, -0.25) is 9.69 Å². The van der Waals surface area contributed by atoms with Crippen molar-refractivity contribution in [3.63, 3.8) is 0 Å². The van der Waals surface area contributed by atoms with E-state index in [1.165, 1.54) is 0 Å². The molecule has 1 amide bonds. The summed E-state index contributed by atoms with van der Waals surface area (Å²) in [4.78, 5) is 16.3. The Morgan fingerprint density at radius 3 is 2.75 bits per heavy atom. The van der Waals surface area contributed by atoms with E-state index >= 15 is 0 Å². The summed E-state index contributed by atoms with van der Waals surface area (Å²) in [7, 11) is 1.85. The average Bonchev–Trinajstić information content (AvgIpc) is 2.48. The Bertz CT molecular complexity index is 447. The molecule has 0 unspecified atom stereocenters. The SMILES string of the molecule is CN(CCN1CCOCC1)C(=O)Cc1ccccc1Cl. The largest absolute Gasteiger partial charge is 0.379 e. The predicted molar refractivity (Wildman–Crippen MR) is 80.1 cm³/mol. The molecule has 4 nitrogen and oxygen atoms in total. The van der Waals surface area contributed by atoms with E-state index in [2.05, 4.69) is 4.90 Å². The normalized spacial score (nSPS) is 16.1. The highest BCUT2D eigenvalue weighted by Crippen LogP contribution is 2.16. The maximum absolute atomic E-state index is 12.2. The summed E-state index contributed by atoms with van der Waals surface area (Å²) in [5.41, 5.74) is 0.886. The van der Waals surface area contributed by atoms with E-state index in [0.29, 0.717) is 11.4 Å². The van der Waals surface area contributed by atoms with Gasteiger partial charge in [0.25, 0.3) is 0 Å². The van der Waals surface area contributed by atoms with Gasteiger partial charge in [-0.1, -0.05) is 29.8 Å². The predicted octanol–water partition coefficient (Wildman–Crippen LogP) is 1.67. The fraction of sp³-hybridized carbons (Fsp3) is 0.533. The van der Waals surface area contributed by atoms with E-state index < -0.39 is 0 Å². The minimum atomic E-state index is 0.103. The van der Waals surface area contributed by atoms with Gasteiger partial charge in [-0.05, 0) is 11.6 Å². The van der Waals surface area contributed by atoms with Crippen molar-refractivity contribution in [1.82, 2.24) is 9.80 Å². The highest BCUT2D eigenvalue weighted by molar-refractivity contribution is 6.31. The number of ether oxygens (including phenoxy) is 1. The molecule has 0 aliphatic carbocycles. The number of carbonyl (C=O) groups is 1. The van der Waals surface area contributed by atoms with Gasteiger partial charge in [0, 0.05) is 38.2 Å². The number of hydrogen-bond acceptors (Lipinski definition) is 3. The van der Waals surface area contributed by atoms with Crippen molar-refractivity contribution < 1.29 is 9.53 Å². The van der Waals surface area contributed by atoms with Crippen molar-refractivity contribution >= 4 is 17.5 Å². The number of halogens is 1. The zero-order valence-electron chi connectivity index (χ0n) is 11.8. The second kappa shape index (κ2) is 7.62. The van der Waals surface area contributed by atoms with Crippen LogP contribution in [0.15, 0.2) is 24.3 Å². The van der Waals surface area contributed by atoms with Gasteiger partial charge in [0.1, 0.15) is 0 Å². The van der Waals surface area contributed by atoms with E-state index in [9.17, 15) is 4.79 Å². The third kappa shape index (κ3) is 4.47. The van der Waals surface area contributed by atoms with Gasteiger partial charge in [0.2, 0.25) is 5.91 Å². The first-order valence-electron chi connectivity index (χ1n) is 6.94. The lowest BCUT2D eigenvalue weighted by molar-refractivity contribution is -0.129. The molecule has 1 aromatic rings. The molecule has 5 heteroatoms. The zero-order chi connectivity index (χ0) is 14.4. The van der Waals surface area contributed by atoms with Crippen molar-refractivity contribution in [2.24, 2.45) is 0 Å². The number of morpholine rings is 1. The van der Waals surface area contributed by atoms with Crippen LogP contribution in [-0.4, -0.2) is 62.1 Å². The van der Waals surface area contributed by atoms with Crippen LogP contribution in [0.1, 0.15) is 5.56 Å². The second-order valence-electron chi connectivity index (χ2n) is 5.04. The monoisotopic (exact) mass is 296 g/mol. The van der Waals surface area contributed by atoms with Crippen LogP contribution in [0.4, 0.5) is 0 Å². The van der Waals surface area contributed by atoms with E-state index in [-0.39, 0.29) is 5.91 Å². The Hall–Kier alpha value is -1.10. The molecule has 2 rings (SSSR count). The molecule has 1 aliphatic heterocycles. The summed E-state index contributed by atoms with van der Waals surface area (Å²) in [6.45, 7) is 5.12. The Morgan fingerprint density at radius 1 is 1.35 bits per heavy atom. The quantitative estimate of drug-likeness (QED) is 0.829. The molecular formula is C15H21ClN2O2. The molecule has 0 N–H and O–H groups in total. The lowest BCUT2D eigenvalue weighted by Crippen LogP contribution is -2.42. The van der Waals surface area contributed by atoms with Crippen LogP contribution >= 0.6 is 11.6 Å². The summed E-state index contributed by atoms with van der Waals surface area (Å²) in [5, 5.41) is 0.655. The van der Waals surface area contributed by atoms with Crippen LogP contribution < -0.4 is 0 Å². The van der Waals surface area contributed by atoms with E-state index in [0.717, 1.165) is 45.0 Å². The first-order chi connectivity index (χ1) is 9.66. The fourth-order valence-corrected chi connectivity index (χ4v) is 2.38. The summed E-state index contributed by atoms with van der Waals surface area (Å²) in [5.74, 6) is 0.103. The Kier molecular flexibility index (Phi) is 5.83. The smallest absolute Gasteiger partial charge is 0.226 e. The summed E-state index contributed by atoms with van der Waals surface area (Å²) >= 11 is 6.08. The molecule has 0 aromatic heterocycles. The first kappa shape index (κ1) is 15.3. The van der Waals surface area contributed by atoms with Crippen molar-refractivity contribution in [3.8, 4) is 0 Å². The number of carbonyl (C=O) groups excluding carboxylic acids is 1. The average molecular weight is 297 g/mol. The number of benzene rings is 1. The Labute approximate surface area is 125 Å². The molecule has 110 valence electrons. The molecular weight excluding hydrogens is 276 g/mol. The summed E-state index contributed by atoms with van der Waals surface area (Å²) < 4.78 is 5.31. The molecule has 0 atom stereocenters. The lowest BCUT2D eigenvalue weighted by atomic mass is 10.1. The standard InChI is InChI=1S/C15H21ClN2O2/c1-17(6-7-18-8-10-20-11-9-18)15(19)12-13-4-2-3-5-14(13)16/h2-5H,6-12H2,1H3. The molecule has 0 radical (unpaired) electrons. The van der Waals surface area contributed by atoms with E-state index in [1.54, 1.807) is 4.90 Å². The van der Waals surface area contributed by atoms with Crippen LogP contribution in [0.3, 0.4) is 0 Å². The Balaban J connectivity index is 1.78. The van der Waals surface area contributed by atoms with Crippen molar-refractivity contribution in [2.45, 2.75) is 6.42 Å². The summed E-state index contributed by atoms with van der Waals surface area (Å²) in [6, 6.07) is 7.49. The zero-order valence-corrected chi connectivity index (χ0v) is 12.6. The Morgan fingerprint density at radius 2 is 2.05 bits per heavy atom. The maximum Gasteiger partial charge on any atom is 0.226 e. The van der Waals surface area contributed by atoms with Gasteiger partial charge in [-0.2, -0.15) is 0 Å². The fourth-order valence-electron chi connectivity index (χ4n) is 2.18. The molecule has 1 aromatic carbocycles. The molecule has 1 heterocycles. The van der Waals surface area contributed by atoms with Crippen molar-refractivity contribution in [1.29, 1.82) is 0 Å². The van der Waals surface area contributed by atoms with Crippen LogP contribution in [0.5, 0.6) is 0 Å². The van der Waals surface area contributed by atoms with Crippen molar-refractivity contribution in [2.75, 3.05) is 46.4 Å². The maximum atomic E-state index is 12.2. The highest BCUT2D eigenvalue weighted by Gasteiger charge is 2.14. The van der Waals surface area contributed by atoms with E-state index in [1.807, 2.05) is 31.3 Å².